The summed E-state index contributed by atoms with van der Waals surface area (Å²) < 4.78 is 22.5. The minimum absolute atomic E-state index is 0.137. The number of hydrogen-bond acceptors (Lipinski definition) is 8. The van der Waals surface area contributed by atoms with Gasteiger partial charge in [0.25, 0.3) is 0 Å². The van der Waals surface area contributed by atoms with Crippen LogP contribution in [0, 0.1) is 0 Å². The minimum Gasteiger partial charge on any atom is -0.545 e. The van der Waals surface area contributed by atoms with Gasteiger partial charge in [-0.1, -0.05) is 181 Å². The van der Waals surface area contributed by atoms with Crippen LogP contribution < -0.4 is 5.11 Å². The largest absolute Gasteiger partial charge is 0.545 e. The van der Waals surface area contributed by atoms with Gasteiger partial charge in [-0.3, -0.25) is 9.59 Å². The van der Waals surface area contributed by atoms with Gasteiger partial charge in [-0.15, -0.1) is 0 Å². The predicted molar refractivity (Wildman–Crippen MR) is 278 cm³/mol. The second-order valence-electron chi connectivity index (χ2n) is 18.1. The van der Waals surface area contributed by atoms with E-state index in [1.807, 2.05) is 21.1 Å². The lowest BCUT2D eigenvalue weighted by Gasteiger charge is -2.26. The van der Waals surface area contributed by atoms with E-state index >= 15 is 0 Å². The Bertz CT molecular complexity index is 1460. The van der Waals surface area contributed by atoms with E-state index in [-0.39, 0.29) is 38.6 Å². The molecule has 0 saturated carbocycles. The van der Waals surface area contributed by atoms with Crippen molar-refractivity contribution in [2.75, 3.05) is 47.5 Å². The van der Waals surface area contributed by atoms with Crippen molar-refractivity contribution in [2.45, 2.75) is 193 Å². The molecule has 2 atom stereocenters. The number of carbonyl (C=O) groups is 3. The summed E-state index contributed by atoms with van der Waals surface area (Å²) >= 11 is 0. The topological polar surface area (TPSA) is 111 Å². The highest BCUT2D eigenvalue weighted by molar-refractivity contribution is 5.70. The van der Waals surface area contributed by atoms with Crippen LogP contribution >= 0.6 is 0 Å². The first-order valence-corrected chi connectivity index (χ1v) is 26.0. The maximum atomic E-state index is 12.8. The molecular weight excluding hydrogens is 839 g/mol. The van der Waals surface area contributed by atoms with Gasteiger partial charge in [0.15, 0.2) is 12.4 Å². The van der Waals surface area contributed by atoms with Crippen molar-refractivity contribution in [3.8, 4) is 0 Å². The van der Waals surface area contributed by atoms with Gasteiger partial charge in [-0.05, 0) is 96.3 Å². The first kappa shape index (κ1) is 63.0. The van der Waals surface area contributed by atoms with Gasteiger partial charge in [0.05, 0.1) is 40.3 Å². The fourth-order valence-corrected chi connectivity index (χ4v) is 6.47. The second kappa shape index (κ2) is 48.4. The Labute approximate surface area is 409 Å². The lowest BCUT2D eigenvalue weighted by atomic mass is 10.1. The number of esters is 2. The van der Waals surface area contributed by atoms with Crippen molar-refractivity contribution < 1.29 is 42.9 Å². The fraction of sp³-hybridized carbons (Fsp3) is 0.638. The molecule has 0 aliphatic rings. The summed E-state index contributed by atoms with van der Waals surface area (Å²) in [6.45, 7) is 4.53. The summed E-state index contributed by atoms with van der Waals surface area (Å²) in [5, 5.41) is 11.7. The molecular formula is C58H95NO8. The van der Waals surface area contributed by atoms with Crippen LogP contribution in [0.25, 0.3) is 0 Å². The van der Waals surface area contributed by atoms with Crippen LogP contribution in [0.2, 0.25) is 0 Å². The third-order valence-electron chi connectivity index (χ3n) is 10.5. The Morgan fingerprint density at radius 3 is 1.28 bits per heavy atom. The first-order valence-electron chi connectivity index (χ1n) is 26.0. The standard InChI is InChI=1S/C58H95NO8/c1-6-8-10-12-14-16-18-19-20-21-22-23-24-25-26-27-28-29-30-31-32-33-34-35-36-37-39-41-43-45-47-49-56(61)67-54(53-66-58(57(62)63)64-51-50-59(3,4)5)52-65-55(60)48-46-44-42-40-38-17-15-13-11-9-7-2/h8,10,13-16,19-20,22-23,25-26,28-29,31-32,34-35,54,58H,6-7,9,11-12,17-18,21,24,27,30,33,36-53H2,1-5H3/b10-8-,15-13-,16-14-,20-19-,23-22-,26-25-,29-28-,32-31-,35-34-. The van der Waals surface area contributed by atoms with Crippen LogP contribution in [0.1, 0.15) is 181 Å². The van der Waals surface area contributed by atoms with E-state index < -0.39 is 24.3 Å². The summed E-state index contributed by atoms with van der Waals surface area (Å²) in [6.07, 6.45) is 62.8. The fourth-order valence-electron chi connectivity index (χ4n) is 6.47. The maximum absolute atomic E-state index is 12.8. The number of carboxylic acid groups (broad SMARTS) is 1. The summed E-state index contributed by atoms with van der Waals surface area (Å²) in [6, 6.07) is 0. The van der Waals surface area contributed by atoms with Crippen molar-refractivity contribution in [2.24, 2.45) is 0 Å². The second-order valence-corrected chi connectivity index (χ2v) is 18.1. The molecule has 380 valence electrons. The first-order chi connectivity index (χ1) is 32.6. The van der Waals surface area contributed by atoms with Crippen LogP contribution in [0.5, 0.6) is 0 Å². The van der Waals surface area contributed by atoms with Crippen LogP contribution in [0.4, 0.5) is 0 Å². The van der Waals surface area contributed by atoms with E-state index in [1.165, 1.54) is 12.8 Å². The molecule has 0 aromatic heterocycles. The zero-order valence-corrected chi connectivity index (χ0v) is 43.0. The quantitative estimate of drug-likeness (QED) is 0.0195. The van der Waals surface area contributed by atoms with Gasteiger partial charge in [0, 0.05) is 12.8 Å². The number of nitrogens with zero attached hydrogens (tertiary/aromatic N) is 1. The Morgan fingerprint density at radius 1 is 0.463 bits per heavy atom. The molecule has 0 N–H and O–H groups in total. The smallest absolute Gasteiger partial charge is 0.306 e. The number of allylic oxidation sites excluding steroid dienone is 18. The molecule has 2 unspecified atom stereocenters. The molecule has 0 spiro atoms. The van der Waals surface area contributed by atoms with Gasteiger partial charge in [0.2, 0.25) is 0 Å². The Kier molecular flexibility index (Phi) is 45.5. The molecule has 0 aliphatic heterocycles. The maximum Gasteiger partial charge on any atom is 0.306 e. The monoisotopic (exact) mass is 934 g/mol. The molecule has 0 saturated heterocycles. The number of aliphatic carboxylic acids is 1. The van der Waals surface area contributed by atoms with Gasteiger partial charge in [-0.2, -0.15) is 0 Å². The molecule has 0 aromatic rings. The van der Waals surface area contributed by atoms with Crippen LogP contribution in [0.15, 0.2) is 109 Å². The highest BCUT2D eigenvalue weighted by atomic mass is 16.7. The summed E-state index contributed by atoms with van der Waals surface area (Å²) in [5.41, 5.74) is 0. The van der Waals surface area contributed by atoms with E-state index in [0.29, 0.717) is 17.4 Å². The molecule has 0 aromatic carbocycles. The predicted octanol–water partition coefficient (Wildman–Crippen LogP) is 13.4. The normalized spacial score (nSPS) is 13.7. The lowest BCUT2D eigenvalue weighted by molar-refractivity contribution is -0.870. The van der Waals surface area contributed by atoms with Gasteiger partial charge in [-0.25, -0.2) is 0 Å². The molecule has 0 heterocycles. The number of quaternary nitrogens is 1. The number of carboxylic acids is 1. The molecule has 9 heteroatoms. The summed E-state index contributed by atoms with van der Waals surface area (Å²) in [5.74, 6) is -2.33. The highest BCUT2D eigenvalue weighted by Crippen LogP contribution is 2.13. The van der Waals surface area contributed by atoms with E-state index in [2.05, 4.69) is 123 Å². The average molecular weight is 934 g/mol. The van der Waals surface area contributed by atoms with Gasteiger partial charge >= 0.3 is 11.9 Å². The van der Waals surface area contributed by atoms with Crippen molar-refractivity contribution in [3.63, 3.8) is 0 Å². The third kappa shape index (κ3) is 49.7. The zero-order valence-electron chi connectivity index (χ0n) is 43.0. The molecule has 67 heavy (non-hydrogen) atoms. The molecule has 0 fully saturated rings. The lowest BCUT2D eigenvalue weighted by Crippen LogP contribution is -2.44. The molecule has 0 amide bonds. The molecule has 0 aliphatic carbocycles. The SMILES string of the molecule is CC/C=C\C/C=C\C/C=C\C/C=C\C/C=C\C/C=C\C/C=C\C/C=C\CCCCCCCCC(=O)OC(COC(=O)CCCCCCC/C=C\CCCC)COC(OCC[N+](C)(C)C)C(=O)[O-]. The summed E-state index contributed by atoms with van der Waals surface area (Å²) in [4.78, 5) is 37.0. The van der Waals surface area contributed by atoms with Crippen LogP contribution in [-0.4, -0.2) is 82.3 Å². The highest BCUT2D eigenvalue weighted by Gasteiger charge is 2.21. The van der Waals surface area contributed by atoms with Gasteiger partial charge in [0.1, 0.15) is 13.2 Å². The number of hydrogen-bond donors (Lipinski definition) is 0. The number of unbranched alkanes of at least 4 members (excludes halogenated alkanes) is 13. The van der Waals surface area contributed by atoms with E-state index in [1.54, 1.807) is 0 Å². The Morgan fingerprint density at radius 2 is 0.851 bits per heavy atom. The van der Waals surface area contributed by atoms with Crippen LogP contribution in [-0.2, 0) is 33.3 Å². The Balaban J connectivity index is 4.30. The van der Waals surface area contributed by atoms with Crippen LogP contribution in [0.3, 0.4) is 0 Å². The molecule has 0 bridgehead atoms. The Hall–Kier alpha value is -4.05. The number of ether oxygens (including phenoxy) is 4. The average Bonchev–Trinajstić information content (AvgIpc) is 3.29. The van der Waals surface area contributed by atoms with Crippen molar-refractivity contribution in [1.29, 1.82) is 0 Å². The van der Waals surface area contributed by atoms with Crippen molar-refractivity contribution in [3.05, 3.63) is 109 Å². The van der Waals surface area contributed by atoms with E-state index in [4.69, 9.17) is 18.9 Å². The van der Waals surface area contributed by atoms with E-state index in [0.717, 1.165) is 135 Å². The number of likely N-dealkylation sites (N-methyl/N-ethyl adjacent to an activating group) is 1. The molecule has 9 nitrogen and oxygen atoms in total. The number of carbonyl (C=O) groups excluding carboxylic acids is 3. The van der Waals surface area contributed by atoms with E-state index in [9.17, 15) is 19.5 Å². The van der Waals surface area contributed by atoms with Gasteiger partial charge < -0.3 is 33.3 Å². The summed E-state index contributed by atoms with van der Waals surface area (Å²) in [7, 11) is 5.89. The van der Waals surface area contributed by atoms with Crippen molar-refractivity contribution in [1.82, 2.24) is 0 Å². The molecule has 0 rings (SSSR count). The van der Waals surface area contributed by atoms with Crippen molar-refractivity contribution >= 4 is 17.9 Å². The zero-order chi connectivity index (χ0) is 49.2. The number of rotatable bonds is 46. The third-order valence-corrected chi connectivity index (χ3v) is 10.5. The molecule has 0 radical (unpaired) electrons. The minimum atomic E-state index is -1.63.